The summed E-state index contributed by atoms with van der Waals surface area (Å²) < 4.78 is 23.6. The third kappa shape index (κ3) is 3.18. The van der Waals surface area contributed by atoms with Crippen molar-refractivity contribution in [2.24, 2.45) is 4.99 Å². The summed E-state index contributed by atoms with van der Waals surface area (Å²) in [5.74, 6) is 0.985. The number of aliphatic imine (C=N–C) groups is 1. The predicted molar refractivity (Wildman–Crippen MR) is 67.2 cm³/mol. The number of halogens is 1. The molecule has 19 heavy (non-hydrogen) atoms. The normalized spacial score (nSPS) is 9.58. The fourth-order valence-electron chi connectivity index (χ4n) is 1.48. The number of rotatable bonds is 4. The van der Waals surface area contributed by atoms with Crippen LogP contribution in [0.1, 0.15) is 0 Å². The lowest BCUT2D eigenvalue weighted by Gasteiger charge is -2.08. The molecule has 2 rings (SSSR count). The van der Waals surface area contributed by atoms with Crippen molar-refractivity contribution in [3.8, 4) is 17.2 Å². The third-order valence-electron chi connectivity index (χ3n) is 2.37. The van der Waals surface area contributed by atoms with E-state index in [0.29, 0.717) is 11.5 Å². The first-order chi connectivity index (χ1) is 9.22. The van der Waals surface area contributed by atoms with Gasteiger partial charge in [-0.1, -0.05) is 0 Å². The van der Waals surface area contributed by atoms with E-state index in [1.165, 1.54) is 18.2 Å². The van der Waals surface area contributed by atoms with E-state index in [9.17, 15) is 9.18 Å². The molecule has 0 N–H and O–H groups in total. The van der Waals surface area contributed by atoms with Crippen LogP contribution in [0.2, 0.25) is 0 Å². The number of nitrogens with zero attached hydrogens (tertiary/aromatic N) is 1. The molecule has 2 aromatic rings. The molecule has 0 unspecified atom stereocenters. The van der Waals surface area contributed by atoms with E-state index in [1.807, 2.05) is 0 Å². The minimum absolute atomic E-state index is 0.0887. The van der Waals surface area contributed by atoms with Crippen LogP contribution in [-0.2, 0) is 4.79 Å². The molecule has 0 aliphatic heterocycles. The van der Waals surface area contributed by atoms with Gasteiger partial charge < -0.3 is 9.47 Å². The van der Waals surface area contributed by atoms with Gasteiger partial charge in [-0.25, -0.2) is 9.18 Å². The summed E-state index contributed by atoms with van der Waals surface area (Å²) in [4.78, 5) is 13.7. The molecule has 0 saturated carbocycles. The van der Waals surface area contributed by atoms with E-state index < -0.39 is 5.82 Å². The molecular weight excluding hydrogens is 249 g/mol. The van der Waals surface area contributed by atoms with Crippen molar-refractivity contribution in [3.63, 3.8) is 0 Å². The summed E-state index contributed by atoms with van der Waals surface area (Å²) in [6.07, 6.45) is 1.36. The first-order valence-electron chi connectivity index (χ1n) is 5.42. The molecule has 0 radical (unpaired) electrons. The summed E-state index contributed by atoms with van der Waals surface area (Å²) in [6.45, 7) is 0. The topological polar surface area (TPSA) is 47.9 Å². The van der Waals surface area contributed by atoms with Gasteiger partial charge in [-0.05, 0) is 36.4 Å². The Kier molecular flexibility index (Phi) is 3.90. The minimum atomic E-state index is -0.504. The van der Waals surface area contributed by atoms with Crippen molar-refractivity contribution >= 4 is 11.8 Å². The van der Waals surface area contributed by atoms with Crippen LogP contribution in [0, 0.1) is 5.82 Å². The first-order valence-corrected chi connectivity index (χ1v) is 5.42. The highest BCUT2D eigenvalue weighted by Crippen LogP contribution is 2.32. The lowest BCUT2D eigenvalue weighted by Crippen LogP contribution is -1.87. The van der Waals surface area contributed by atoms with Gasteiger partial charge in [0.2, 0.25) is 6.08 Å². The van der Waals surface area contributed by atoms with Crippen LogP contribution < -0.4 is 9.47 Å². The molecule has 0 spiro atoms. The van der Waals surface area contributed by atoms with E-state index in [4.69, 9.17) is 9.47 Å². The molecule has 5 heteroatoms. The Morgan fingerprint density at radius 3 is 2.42 bits per heavy atom. The van der Waals surface area contributed by atoms with Gasteiger partial charge in [0.15, 0.2) is 5.75 Å². The standard InChI is InChI=1S/C14H10FNO3/c1-18-11-3-5-12(6-4-11)19-14-7-2-10(15)8-13(14)16-9-17/h2-8H,1H3. The number of ether oxygens (including phenoxy) is 2. The summed E-state index contributed by atoms with van der Waals surface area (Å²) in [6, 6.07) is 10.6. The fraction of sp³-hybridized carbons (Fsp3) is 0.0714. The summed E-state index contributed by atoms with van der Waals surface area (Å²) in [5, 5.41) is 0. The smallest absolute Gasteiger partial charge is 0.240 e. The Morgan fingerprint density at radius 1 is 1.11 bits per heavy atom. The van der Waals surface area contributed by atoms with Gasteiger partial charge in [-0.3, -0.25) is 0 Å². The van der Waals surface area contributed by atoms with Crippen molar-refractivity contribution in [1.29, 1.82) is 0 Å². The molecule has 96 valence electrons. The van der Waals surface area contributed by atoms with Crippen LogP contribution in [0.3, 0.4) is 0 Å². The van der Waals surface area contributed by atoms with Gasteiger partial charge in [-0.15, -0.1) is 0 Å². The minimum Gasteiger partial charge on any atom is -0.497 e. The zero-order valence-electron chi connectivity index (χ0n) is 10.1. The average molecular weight is 259 g/mol. The Hall–Kier alpha value is -2.65. The highest BCUT2D eigenvalue weighted by molar-refractivity contribution is 5.58. The van der Waals surface area contributed by atoms with E-state index in [0.717, 1.165) is 6.07 Å². The molecule has 0 bridgehead atoms. The van der Waals surface area contributed by atoms with Crippen molar-refractivity contribution in [2.45, 2.75) is 0 Å². The lowest BCUT2D eigenvalue weighted by molar-refractivity contribution is 0.413. The highest BCUT2D eigenvalue weighted by Gasteiger charge is 2.06. The zero-order valence-corrected chi connectivity index (χ0v) is 10.1. The molecule has 0 amide bonds. The van der Waals surface area contributed by atoms with Gasteiger partial charge >= 0.3 is 0 Å². The molecule has 2 aromatic carbocycles. The summed E-state index contributed by atoms with van der Waals surface area (Å²) in [7, 11) is 1.56. The molecule has 0 fully saturated rings. The van der Waals surface area contributed by atoms with E-state index in [2.05, 4.69) is 4.99 Å². The van der Waals surface area contributed by atoms with E-state index in [1.54, 1.807) is 31.4 Å². The van der Waals surface area contributed by atoms with Crippen molar-refractivity contribution in [1.82, 2.24) is 0 Å². The molecule has 4 nitrogen and oxygen atoms in total. The average Bonchev–Trinajstić information content (AvgIpc) is 2.43. The molecule has 0 heterocycles. The number of hydrogen-bond donors (Lipinski definition) is 0. The zero-order chi connectivity index (χ0) is 13.7. The predicted octanol–water partition coefficient (Wildman–Crippen LogP) is 3.59. The van der Waals surface area contributed by atoms with Crippen LogP contribution in [0.25, 0.3) is 0 Å². The van der Waals surface area contributed by atoms with Crippen molar-refractivity contribution in [2.75, 3.05) is 7.11 Å². The Balaban J connectivity index is 2.29. The summed E-state index contributed by atoms with van der Waals surface area (Å²) in [5.41, 5.74) is 0.0887. The molecule has 0 aliphatic rings. The monoisotopic (exact) mass is 259 g/mol. The van der Waals surface area contributed by atoms with Crippen molar-refractivity contribution in [3.05, 3.63) is 48.3 Å². The SMILES string of the molecule is COc1ccc(Oc2ccc(F)cc2N=C=O)cc1. The maximum Gasteiger partial charge on any atom is 0.240 e. The van der Waals surface area contributed by atoms with Gasteiger partial charge in [0.05, 0.1) is 7.11 Å². The second kappa shape index (κ2) is 5.80. The van der Waals surface area contributed by atoms with Crippen LogP contribution in [0.4, 0.5) is 10.1 Å². The quantitative estimate of drug-likeness (QED) is 0.622. The number of benzene rings is 2. The Bertz CT molecular complexity index is 619. The van der Waals surface area contributed by atoms with Gasteiger partial charge in [0, 0.05) is 6.07 Å². The fourth-order valence-corrected chi connectivity index (χ4v) is 1.48. The van der Waals surface area contributed by atoms with Crippen LogP contribution in [0.15, 0.2) is 47.5 Å². The molecular formula is C14H10FNO3. The van der Waals surface area contributed by atoms with Gasteiger partial charge in [0.25, 0.3) is 0 Å². The second-order valence-electron chi connectivity index (χ2n) is 3.59. The number of hydrogen-bond acceptors (Lipinski definition) is 4. The lowest BCUT2D eigenvalue weighted by atomic mass is 10.3. The van der Waals surface area contributed by atoms with Gasteiger partial charge in [-0.2, -0.15) is 4.99 Å². The van der Waals surface area contributed by atoms with Crippen LogP contribution >= 0.6 is 0 Å². The molecule has 0 aliphatic carbocycles. The van der Waals surface area contributed by atoms with Gasteiger partial charge in [0.1, 0.15) is 23.0 Å². The largest absolute Gasteiger partial charge is 0.497 e. The maximum atomic E-state index is 13.0. The van der Waals surface area contributed by atoms with Crippen LogP contribution in [-0.4, -0.2) is 13.2 Å². The first kappa shape index (κ1) is 12.8. The Morgan fingerprint density at radius 2 is 1.79 bits per heavy atom. The number of methoxy groups -OCH3 is 1. The van der Waals surface area contributed by atoms with Crippen molar-refractivity contribution < 1.29 is 18.7 Å². The van der Waals surface area contributed by atoms with E-state index >= 15 is 0 Å². The number of isocyanates is 1. The Labute approximate surface area is 109 Å². The highest BCUT2D eigenvalue weighted by atomic mass is 19.1. The molecule has 0 saturated heterocycles. The maximum absolute atomic E-state index is 13.0. The third-order valence-corrected chi connectivity index (χ3v) is 2.37. The van der Waals surface area contributed by atoms with Crippen LogP contribution in [0.5, 0.6) is 17.2 Å². The summed E-state index contributed by atoms with van der Waals surface area (Å²) >= 11 is 0. The number of carbonyl (C=O) groups excluding carboxylic acids is 1. The molecule has 0 aromatic heterocycles. The molecule has 0 atom stereocenters. The van der Waals surface area contributed by atoms with E-state index in [-0.39, 0.29) is 11.4 Å². The second-order valence-corrected chi connectivity index (χ2v) is 3.59.